The monoisotopic (exact) mass is 584 g/mol. The number of ether oxygens (including phenoxy) is 1. The summed E-state index contributed by atoms with van der Waals surface area (Å²) in [5.41, 5.74) is 1.80. The van der Waals surface area contributed by atoms with Crippen LogP contribution >= 0.6 is 0 Å². The second-order valence-electron chi connectivity index (χ2n) is 12.8. The third kappa shape index (κ3) is 7.17. The van der Waals surface area contributed by atoms with Gasteiger partial charge in [-0.25, -0.2) is 9.59 Å². The Hall–Kier alpha value is -3.34. The molecule has 0 bridgehead atoms. The van der Waals surface area contributed by atoms with Crippen LogP contribution < -0.4 is 15.9 Å². The average Bonchev–Trinajstić information content (AvgIpc) is 3.21. The first kappa shape index (κ1) is 31.6. The van der Waals surface area contributed by atoms with E-state index in [0.29, 0.717) is 17.5 Å². The maximum Gasteiger partial charge on any atom is 0.410 e. The van der Waals surface area contributed by atoms with Crippen molar-refractivity contribution in [2.45, 2.75) is 77.0 Å². The third-order valence-corrected chi connectivity index (χ3v) is 8.76. The molecule has 42 heavy (non-hydrogen) atoms. The summed E-state index contributed by atoms with van der Waals surface area (Å²) in [6, 6.07) is 5.76. The summed E-state index contributed by atoms with van der Waals surface area (Å²) < 4.78 is 8.64. The molecule has 2 aliphatic heterocycles. The number of fused-ring (bicyclic) bond motifs is 1. The number of rotatable bonds is 9. The summed E-state index contributed by atoms with van der Waals surface area (Å²) in [4.78, 5) is 55.9. The number of anilines is 1. The highest BCUT2D eigenvalue weighted by Gasteiger charge is 2.30. The van der Waals surface area contributed by atoms with Gasteiger partial charge in [0.25, 0.3) is 0 Å². The van der Waals surface area contributed by atoms with Gasteiger partial charge in [0.2, 0.25) is 5.91 Å². The maximum absolute atomic E-state index is 13.2. The molecule has 2 aliphatic rings. The number of carbonyl (C=O) groups excluding carboxylic acids is 3. The van der Waals surface area contributed by atoms with Gasteiger partial charge in [0, 0.05) is 65.0 Å². The molecular weight excluding hydrogens is 536 g/mol. The van der Waals surface area contributed by atoms with Crippen LogP contribution in [0.25, 0.3) is 11.0 Å². The fourth-order valence-electron chi connectivity index (χ4n) is 6.37. The first-order chi connectivity index (χ1) is 19.9. The number of likely N-dealkylation sites (tertiary alicyclic amines) is 1. The van der Waals surface area contributed by atoms with Gasteiger partial charge in [-0.05, 0) is 84.0 Å². The SMILES string of the molecule is CNC(=O)C(CCC=O)n1c(=O)n(C)c2cc(N3CCC(N(C)CC4CCN(C(=O)OC(C)(C)C)CC4)CC3)ccc21. The number of nitrogens with zero attached hydrogens (tertiary/aromatic N) is 5. The average molecular weight is 585 g/mol. The Balaban J connectivity index is 1.35. The molecule has 3 heterocycles. The normalized spacial score (nSPS) is 18.0. The fraction of sp³-hybridized carbons (Fsp3) is 0.677. The molecule has 0 aliphatic carbocycles. The first-order valence-corrected chi connectivity index (χ1v) is 15.2. The van der Waals surface area contributed by atoms with Gasteiger partial charge in [-0.15, -0.1) is 0 Å². The van der Waals surface area contributed by atoms with Crippen LogP contribution in [-0.4, -0.2) is 95.7 Å². The van der Waals surface area contributed by atoms with Crippen LogP contribution in [0.1, 0.15) is 65.3 Å². The number of amides is 2. The van der Waals surface area contributed by atoms with E-state index in [4.69, 9.17) is 4.74 Å². The molecule has 2 saturated heterocycles. The summed E-state index contributed by atoms with van der Waals surface area (Å²) in [5, 5.41) is 2.63. The van der Waals surface area contributed by atoms with E-state index in [-0.39, 0.29) is 30.5 Å². The molecule has 4 rings (SSSR count). The molecule has 1 atom stereocenters. The van der Waals surface area contributed by atoms with Gasteiger partial charge in [0.1, 0.15) is 17.9 Å². The lowest BCUT2D eigenvalue weighted by Crippen LogP contribution is -2.47. The predicted molar refractivity (Wildman–Crippen MR) is 164 cm³/mol. The number of hydrogen-bond acceptors (Lipinski definition) is 7. The molecule has 1 unspecified atom stereocenters. The highest BCUT2D eigenvalue weighted by atomic mass is 16.6. The molecule has 2 aromatic rings. The summed E-state index contributed by atoms with van der Waals surface area (Å²) in [7, 11) is 5.49. The Labute approximate surface area is 248 Å². The lowest BCUT2D eigenvalue weighted by atomic mass is 9.94. The van der Waals surface area contributed by atoms with Gasteiger partial charge >= 0.3 is 11.8 Å². The molecule has 1 aromatic carbocycles. The molecule has 11 heteroatoms. The molecule has 2 fully saturated rings. The highest BCUT2D eigenvalue weighted by molar-refractivity contribution is 5.85. The first-order valence-electron chi connectivity index (χ1n) is 15.2. The van der Waals surface area contributed by atoms with Crippen molar-refractivity contribution >= 4 is 35.0 Å². The topological polar surface area (TPSA) is 109 Å². The van der Waals surface area contributed by atoms with E-state index in [2.05, 4.69) is 22.2 Å². The Morgan fingerprint density at radius 2 is 1.76 bits per heavy atom. The van der Waals surface area contributed by atoms with E-state index in [1.165, 1.54) is 4.57 Å². The van der Waals surface area contributed by atoms with E-state index in [0.717, 1.165) is 75.9 Å². The molecule has 11 nitrogen and oxygen atoms in total. The van der Waals surface area contributed by atoms with Gasteiger partial charge in [0.05, 0.1) is 11.0 Å². The minimum atomic E-state index is -0.738. The van der Waals surface area contributed by atoms with Crippen molar-refractivity contribution in [2.24, 2.45) is 13.0 Å². The van der Waals surface area contributed by atoms with Crippen LogP contribution in [0.2, 0.25) is 0 Å². The van der Waals surface area contributed by atoms with Crippen LogP contribution in [0.3, 0.4) is 0 Å². The van der Waals surface area contributed by atoms with E-state index in [9.17, 15) is 19.2 Å². The van der Waals surface area contributed by atoms with Crippen molar-refractivity contribution in [3.8, 4) is 0 Å². The number of benzene rings is 1. The standard InChI is InChI=1S/C31H48N6O5/c1-31(2,3)42-30(41)36-15-11-22(12-16-36)21-33(5)23-13-17-35(18-14-23)24-9-10-25-27(20-24)34(6)29(40)37(25)26(8-7-19-38)28(39)32-4/h9-10,19-20,22-23,26H,7-8,11-18,21H2,1-6H3,(H,32,39). The zero-order valence-corrected chi connectivity index (χ0v) is 26.1. The van der Waals surface area contributed by atoms with Gasteiger partial charge in [0.15, 0.2) is 0 Å². The number of carbonyl (C=O) groups is 3. The Kier molecular flexibility index (Phi) is 10.0. The lowest BCUT2D eigenvalue weighted by molar-refractivity contribution is -0.124. The van der Waals surface area contributed by atoms with Crippen molar-refractivity contribution in [3.63, 3.8) is 0 Å². The highest BCUT2D eigenvalue weighted by Crippen LogP contribution is 2.29. The smallest absolute Gasteiger partial charge is 0.410 e. The Morgan fingerprint density at radius 1 is 1.10 bits per heavy atom. The van der Waals surface area contributed by atoms with E-state index in [1.54, 1.807) is 18.7 Å². The van der Waals surface area contributed by atoms with Crippen molar-refractivity contribution in [2.75, 3.05) is 51.7 Å². The van der Waals surface area contributed by atoms with Crippen molar-refractivity contribution < 1.29 is 19.1 Å². The van der Waals surface area contributed by atoms with E-state index >= 15 is 0 Å². The molecule has 1 aromatic heterocycles. The quantitative estimate of drug-likeness (QED) is 0.451. The van der Waals surface area contributed by atoms with Crippen LogP contribution in [0.4, 0.5) is 10.5 Å². The lowest BCUT2D eigenvalue weighted by Gasteiger charge is -2.40. The number of hydrogen-bond donors (Lipinski definition) is 1. The zero-order valence-electron chi connectivity index (χ0n) is 26.1. The summed E-state index contributed by atoms with van der Waals surface area (Å²) in [6.45, 7) is 10.1. The Bertz CT molecular complexity index is 1310. The Morgan fingerprint density at radius 3 is 2.36 bits per heavy atom. The number of likely N-dealkylation sites (N-methyl/N-ethyl adjacent to an activating group) is 1. The largest absolute Gasteiger partial charge is 0.444 e. The van der Waals surface area contributed by atoms with Crippen LogP contribution in [-0.2, 0) is 21.4 Å². The molecule has 1 N–H and O–H groups in total. The van der Waals surface area contributed by atoms with Crippen LogP contribution in [0, 0.1) is 5.92 Å². The number of piperidine rings is 2. The van der Waals surface area contributed by atoms with Crippen LogP contribution in [0.5, 0.6) is 0 Å². The number of aldehydes is 1. The summed E-state index contributed by atoms with van der Waals surface area (Å²) in [6.07, 6.45) is 5.14. The zero-order chi connectivity index (χ0) is 30.6. The maximum atomic E-state index is 13.2. The molecule has 0 saturated carbocycles. The van der Waals surface area contributed by atoms with E-state index in [1.807, 2.05) is 43.9 Å². The number of aryl methyl sites for hydroxylation is 1. The van der Waals surface area contributed by atoms with Gasteiger partial charge in [-0.1, -0.05) is 0 Å². The molecule has 0 radical (unpaired) electrons. The molecule has 0 spiro atoms. The van der Waals surface area contributed by atoms with Gasteiger partial charge in [-0.3, -0.25) is 13.9 Å². The van der Waals surface area contributed by atoms with Gasteiger partial charge in [-0.2, -0.15) is 0 Å². The number of aromatic nitrogens is 2. The number of nitrogens with one attached hydrogen (secondary N) is 1. The van der Waals surface area contributed by atoms with E-state index < -0.39 is 11.6 Å². The molecular formula is C31H48N6O5. The second kappa shape index (κ2) is 13.3. The predicted octanol–water partition coefficient (Wildman–Crippen LogP) is 3.15. The van der Waals surface area contributed by atoms with Crippen molar-refractivity contribution in [3.05, 3.63) is 28.7 Å². The molecule has 2 amide bonds. The summed E-state index contributed by atoms with van der Waals surface area (Å²) >= 11 is 0. The fourth-order valence-corrected chi connectivity index (χ4v) is 6.37. The number of imidazole rings is 1. The minimum Gasteiger partial charge on any atom is -0.444 e. The second-order valence-corrected chi connectivity index (χ2v) is 12.8. The molecule has 232 valence electrons. The van der Waals surface area contributed by atoms with Crippen LogP contribution in [0.15, 0.2) is 23.0 Å². The minimum absolute atomic E-state index is 0.202. The van der Waals surface area contributed by atoms with Crippen molar-refractivity contribution in [1.29, 1.82) is 0 Å². The van der Waals surface area contributed by atoms with Gasteiger partial charge < -0.3 is 29.5 Å². The third-order valence-electron chi connectivity index (χ3n) is 8.76. The summed E-state index contributed by atoms with van der Waals surface area (Å²) in [5.74, 6) is 0.292. The van der Waals surface area contributed by atoms with Crippen molar-refractivity contribution in [1.82, 2.24) is 24.3 Å².